The van der Waals surface area contributed by atoms with Gasteiger partial charge in [-0.05, 0) is 83.2 Å². The molecule has 3 heterocycles. The van der Waals surface area contributed by atoms with Crippen LogP contribution in [0.4, 0.5) is 22.0 Å². The second kappa shape index (κ2) is 10.2. The van der Waals surface area contributed by atoms with Crippen molar-refractivity contribution in [3.05, 3.63) is 77.2 Å². The Kier molecular flexibility index (Phi) is 6.81. The van der Waals surface area contributed by atoms with E-state index in [1.807, 2.05) is 27.8 Å². The Hall–Kier alpha value is -3.45. The summed E-state index contributed by atoms with van der Waals surface area (Å²) in [6, 6.07) is 17.1. The number of hydrogen-bond donors (Lipinski definition) is 0. The van der Waals surface area contributed by atoms with E-state index in [1.54, 1.807) is 11.2 Å². The summed E-state index contributed by atoms with van der Waals surface area (Å²) in [6.45, 7) is 11.9. The van der Waals surface area contributed by atoms with Crippen molar-refractivity contribution < 1.29 is 9.53 Å². The van der Waals surface area contributed by atoms with Crippen molar-refractivity contribution in [3.63, 3.8) is 0 Å². The van der Waals surface area contributed by atoms with Crippen LogP contribution in [0.3, 0.4) is 0 Å². The molecule has 0 bridgehead atoms. The lowest BCUT2D eigenvalue weighted by molar-refractivity contribution is 0.0588. The van der Waals surface area contributed by atoms with Crippen LogP contribution in [0.5, 0.6) is 0 Å². The van der Waals surface area contributed by atoms with Gasteiger partial charge in [0.05, 0.1) is 5.69 Å². The normalized spacial score (nSPS) is 19.9. The van der Waals surface area contributed by atoms with Crippen LogP contribution in [0.2, 0.25) is 0 Å². The van der Waals surface area contributed by atoms with Crippen LogP contribution in [0.25, 0.3) is 0 Å². The van der Waals surface area contributed by atoms with E-state index >= 15 is 0 Å². The smallest absolute Gasteiger partial charge is 0.414 e. The summed E-state index contributed by atoms with van der Waals surface area (Å²) in [5, 5.41) is 0. The lowest BCUT2D eigenvalue weighted by atomic mass is 9.73. The maximum atomic E-state index is 13.3. The summed E-state index contributed by atoms with van der Waals surface area (Å²) in [5.74, 6) is 1.48. The molecular formula is C33H41N5O2. The molecule has 3 aliphatic rings. The maximum Gasteiger partial charge on any atom is 0.414 e. The number of hydrogen-bond acceptors (Lipinski definition) is 6. The lowest BCUT2D eigenvalue weighted by Gasteiger charge is -2.41. The average Bonchev–Trinajstić information content (AvgIpc) is 3.47. The predicted molar refractivity (Wildman–Crippen MR) is 159 cm³/mol. The molecule has 1 aliphatic carbocycles. The van der Waals surface area contributed by atoms with Crippen LogP contribution >= 0.6 is 0 Å². The zero-order chi connectivity index (χ0) is 28.1. The Balaban J connectivity index is 1.39. The standard InChI is InChI=1S/C33H41N5O2/c1-23-14-15-25-28(23)30(35-22-34-25)38-21-33(16-18-37(19-17-33)20-24-10-7-6-8-11-24)29-26(12-9-13-27(29)38)36(5)31(39)40-32(2,3)4/h6-13,22-23H,14-21H2,1-5H3/t23-/m1/s1. The van der Waals surface area contributed by atoms with Gasteiger partial charge in [-0.2, -0.15) is 0 Å². The first-order chi connectivity index (χ1) is 19.2. The molecule has 0 N–H and O–H groups in total. The fraction of sp³-hybridized carbons (Fsp3) is 0.485. The van der Waals surface area contributed by atoms with E-state index in [2.05, 4.69) is 70.2 Å². The first-order valence-corrected chi connectivity index (χ1v) is 14.6. The first-order valence-electron chi connectivity index (χ1n) is 14.6. The van der Waals surface area contributed by atoms with E-state index in [0.29, 0.717) is 5.92 Å². The van der Waals surface area contributed by atoms with Crippen molar-refractivity contribution in [2.45, 2.75) is 76.9 Å². The molecule has 210 valence electrons. The number of anilines is 3. The van der Waals surface area contributed by atoms with E-state index < -0.39 is 5.60 Å². The van der Waals surface area contributed by atoms with Crippen LogP contribution in [-0.4, -0.2) is 53.2 Å². The number of likely N-dealkylation sites (tertiary alicyclic amines) is 1. The Morgan fingerprint density at radius 3 is 2.55 bits per heavy atom. The van der Waals surface area contributed by atoms with Gasteiger partial charge in [-0.25, -0.2) is 14.8 Å². The molecule has 0 radical (unpaired) electrons. The third-order valence-electron chi connectivity index (χ3n) is 8.90. The maximum absolute atomic E-state index is 13.3. The lowest BCUT2D eigenvalue weighted by Crippen LogP contribution is -2.45. The second-order valence-corrected chi connectivity index (χ2v) is 12.8. The highest BCUT2D eigenvalue weighted by atomic mass is 16.6. The molecule has 1 fully saturated rings. The Morgan fingerprint density at radius 2 is 1.82 bits per heavy atom. The molecule has 7 nitrogen and oxygen atoms in total. The SMILES string of the molecule is C[C@@H]1CCc2ncnc(N3CC4(CCN(Cc5ccccc5)CC4)c4c(N(C)C(=O)OC(C)(C)C)cccc43)c21. The number of benzene rings is 2. The van der Waals surface area contributed by atoms with Crippen molar-refractivity contribution in [2.24, 2.45) is 0 Å². The van der Waals surface area contributed by atoms with Gasteiger partial charge >= 0.3 is 6.09 Å². The van der Waals surface area contributed by atoms with Crippen molar-refractivity contribution >= 4 is 23.3 Å². The molecule has 0 unspecified atom stereocenters. The second-order valence-electron chi connectivity index (χ2n) is 12.8. The van der Waals surface area contributed by atoms with E-state index in [0.717, 1.165) is 69.1 Å². The number of piperidine rings is 1. The van der Waals surface area contributed by atoms with Crippen LogP contribution in [0.15, 0.2) is 54.9 Å². The molecule has 2 aliphatic heterocycles. The van der Waals surface area contributed by atoms with Crippen molar-refractivity contribution in [3.8, 4) is 0 Å². The van der Waals surface area contributed by atoms with E-state index in [1.165, 1.54) is 22.4 Å². The van der Waals surface area contributed by atoms with Crippen molar-refractivity contribution in [1.29, 1.82) is 0 Å². The van der Waals surface area contributed by atoms with Crippen LogP contribution in [0.1, 0.15) is 75.3 Å². The average molecular weight is 540 g/mol. The van der Waals surface area contributed by atoms with Crippen molar-refractivity contribution in [2.75, 3.05) is 36.5 Å². The number of fused-ring (bicyclic) bond motifs is 3. The number of ether oxygens (including phenoxy) is 1. The van der Waals surface area contributed by atoms with E-state index in [9.17, 15) is 4.79 Å². The largest absolute Gasteiger partial charge is 0.443 e. The molecule has 3 aromatic rings. The van der Waals surface area contributed by atoms with Gasteiger partial charge in [-0.3, -0.25) is 9.80 Å². The van der Waals surface area contributed by atoms with Crippen LogP contribution in [0, 0.1) is 0 Å². The third kappa shape index (κ3) is 4.85. The highest BCUT2D eigenvalue weighted by molar-refractivity contribution is 5.92. The van der Waals surface area contributed by atoms with Gasteiger partial charge in [0.25, 0.3) is 0 Å². The number of carbonyl (C=O) groups is 1. The summed E-state index contributed by atoms with van der Waals surface area (Å²) in [5.41, 5.74) is 6.51. The van der Waals surface area contributed by atoms with Gasteiger partial charge in [0, 0.05) is 48.1 Å². The fourth-order valence-electron chi connectivity index (χ4n) is 6.89. The van der Waals surface area contributed by atoms with Gasteiger partial charge in [0.1, 0.15) is 17.7 Å². The summed E-state index contributed by atoms with van der Waals surface area (Å²) in [7, 11) is 1.84. The highest BCUT2D eigenvalue weighted by Gasteiger charge is 2.48. The van der Waals surface area contributed by atoms with Gasteiger partial charge in [-0.15, -0.1) is 0 Å². The topological polar surface area (TPSA) is 61.8 Å². The van der Waals surface area contributed by atoms with Gasteiger partial charge in [-0.1, -0.05) is 43.3 Å². The molecule has 1 aromatic heterocycles. The number of carbonyl (C=O) groups excluding carboxylic acids is 1. The zero-order valence-corrected chi connectivity index (χ0v) is 24.5. The Bertz CT molecular complexity index is 1390. The minimum Gasteiger partial charge on any atom is -0.443 e. The van der Waals surface area contributed by atoms with E-state index in [4.69, 9.17) is 9.72 Å². The molecule has 40 heavy (non-hydrogen) atoms. The molecule has 7 heteroatoms. The summed E-state index contributed by atoms with van der Waals surface area (Å²) < 4.78 is 5.80. The number of amides is 1. The summed E-state index contributed by atoms with van der Waals surface area (Å²) in [4.78, 5) is 29.5. The third-order valence-corrected chi connectivity index (χ3v) is 8.90. The summed E-state index contributed by atoms with van der Waals surface area (Å²) in [6.07, 6.45) is 5.57. The molecule has 1 saturated heterocycles. The minimum absolute atomic E-state index is 0.0882. The zero-order valence-electron chi connectivity index (χ0n) is 24.5. The molecule has 2 aromatic carbocycles. The molecular weight excluding hydrogens is 498 g/mol. The monoisotopic (exact) mass is 539 g/mol. The van der Waals surface area contributed by atoms with Gasteiger partial charge in [0.15, 0.2) is 0 Å². The number of aryl methyl sites for hydroxylation is 1. The molecule has 0 saturated carbocycles. The quantitative estimate of drug-likeness (QED) is 0.373. The van der Waals surface area contributed by atoms with Gasteiger partial charge < -0.3 is 9.64 Å². The van der Waals surface area contributed by atoms with Gasteiger partial charge in [0.2, 0.25) is 0 Å². The van der Waals surface area contributed by atoms with E-state index in [-0.39, 0.29) is 11.5 Å². The van der Waals surface area contributed by atoms with Crippen LogP contribution < -0.4 is 9.80 Å². The van der Waals surface area contributed by atoms with Crippen LogP contribution in [-0.2, 0) is 23.1 Å². The Morgan fingerprint density at radius 1 is 1.07 bits per heavy atom. The summed E-state index contributed by atoms with van der Waals surface area (Å²) >= 11 is 0. The minimum atomic E-state index is -0.562. The highest BCUT2D eigenvalue weighted by Crippen LogP contribution is 2.54. The number of aromatic nitrogens is 2. The molecule has 1 atom stereocenters. The predicted octanol–water partition coefficient (Wildman–Crippen LogP) is 6.58. The Labute approximate surface area is 238 Å². The van der Waals surface area contributed by atoms with Crippen molar-refractivity contribution in [1.82, 2.24) is 14.9 Å². The first kappa shape index (κ1) is 26.8. The number of rotatable bonds is 4. The molecule has 1 amide bonds. The molecule has 6 rings (SSSR count). The number of nitrogens with zero attached hydrogens (tertiary/aromatic N) is 5. The fourth-order valence-corrected chi connectivity index (χ4v) is 6.89. The molecule has 1 spiro atoms.